The van der Waals surface area contributed by atoms with E-state index in [1.807, 2.05) is 38.1 Å². The van der Waals surface area contributed by atoms with Gasteiger partial charge >= 0.3 is 0 Å². The highest BCUT2D eigenvalue weighted by Gasteiger charge is 2.30. The lowest BCUT2D eigenvalue weighted by Crippen LogP contribution is -2.34. The molecule has 1 aromatic heterocycles. The number of nitrogens with one attached hydrogen (secondary N) is 1. The van der Waals surface area contributed by atoms with Gasteiger partial charge in [0, 0.05) is 23.7 Å². The maximum Gasteiger partial charge on any atom is 0.167 e. The number of rotatable bonds is 5. The van der Waals surface area contributed by atoms with E-state index in [2.05, 4.69) is 15.3 Å². The first kappa shape index (κ1) is 18.1. The van der Waals surface area contributed by atoms with Gasteiger partial charge in [0.05, 0.1) is 22.9 Å². The van der Waals surface area contributed by atoms with Crippen LogP contribution in [0.3, 0.4) is 0 Å². The molecule has 1 aliphatic rings. The van der Waals surface area contributed by atoms with Crippen molar-refractivity contribution in [2.45, 2.75) is 44.6 Å². The third-order valence-electron chi connectivity index (χ3n) is 4.22. The molecule has 2 heterocycles. The monoisotopic (exact) mass is 363 g/mol. The Morgan fingerprint density at radius 2 is 2.04 bits per heavy atom. The summed E-state index contributed by atoms with van der Waals surface area (Å²) >= 11 is 6.31. The summed E-state index contributed by atoms with van der Waals surface area (Å²) in [6, 6.07) is 7.19. The highest BCUT2D eigenvalue weighted by Crippen LogP contribution is 2.32. The van der Waals surface area contributed by atoms with Crippen LogP contribution in [0.25, 0.3) is 11.3 Å². The largest absolute Gasteiger partial charge is 0.489 e. The molecule has 134 valence electrons. The molecule has 1 aromatic carbocycles. The Morgan fingerprint density at radius 3 is 2.68 bits per heavy atom. The molecule has 2 atom stereocenters. The Hall–Kier alpha value is -1.73. The third kappa shape index (κ3) is 4.27. The summed E-state index contributed by atoms with van der Waals surface area (Å²) in [5.41, 5.74) is 2.53. The van der Waals surface area contributed by atoms with Gasteiger partial charge in [0.1, 0.15) is 12.1 Å². The average Bonchev–Trinajstić information content (AvgIpc) is 3.07. The van der Waals surface area contributed by atoms with Gasteiger partial charge in [-0.1, -0.05) is 11.6 Å². The van der Waals surface area contributed by atoms with Gasteiger partial charge in [-0.2, -0.15) is 0 Å². The van der Waals surface area contributed by atoms with E-state index in [1.54, 1.807) is 0 Å². The van der Waals surface area contributed by atoms with Crippen LogP contribution in [0.5, 0.6) is 5.75 Å². The first-order valence-corrected chi connectivity index (χ1v) is 8.70. The zero-order valence-corrected chi connectivity index (χ0v) is 14.9. The van der Waals surface area contributed by atoms with Crippen molar-refractivity contribution in [3.63, 3.8) is 0 Å². The van der Waals surface area contributed by atoms with Crippen molar-refractivity contribution >= 4 is 11.6 Å². The van der Waals surface area contributed by atoms with Crippen LogP contribution in [-0.4, -0.2) is 45.2 Å². The van der Waals surface area contributed by atoms with Crippen LogP contribution >= 0.6 is 11.6 Å². The van der Waals surface area contributed by atoms with Crippen molar-refractivity contribution in [1.82, 2.24) is 15.3 Å². The van der Waals surface area contributed by atoms with Crippen molar-refractivity contribution in [1.29, 1.82) is 0 Å². The number of hydrogen-bond donors (Lipinski definition) is 3. The van der Waals surface area contributed by atoms with E-state index in [9.17, 15) is 10.2 Å². The van der Waals surface area contributed by atoms with Crippen molar-refractivity contribution in [2.75, 3.05) is 6.54 Å². The van der Waals surface area contributed by atoms with Gasteiger partial charge < -0.3 is 20.3 Å². The first-order chi connectivity index (χ1) is 11.9. The van der Waals surface area contributed by atoms with Crippen LogP contribution in [-0.2, 0) is 0 Å². The molecule has 3 rings (SSSR count). The molecule has 0 radical (unpaired) electrons. The predicted octanol–water partition coefficient (Wildman–Crippen LogP) is 2.34. The fraction of sp³-hybridized carbons (Fsp3) is 0.444. The Morgan fingerprint density at radius 1 is 1.24 bits per heavy atom. The first-order valence-electron chi connectivity index (χ1n) is 8.32. The van der Waals surface area contributed by atoms with E-state index in [-0.39, 0.29) is 18.1 Å². The summed E-state index contributed by atoms with van der Waals surface area (Å²) < 4.78 is 5.65. The van der Waals surface area contributed by atoms with Crippen molar-refractivity contribution < 1.29 is 14.9 Å². The number of aliphatic hydroxyl groups is 2. The number of ether oxygens (including phenoxy) is 1. The van der Waals surface area contributed by atoms with Crippen molar-refractivity contribution in [3.8, 4) is 17.0 Å². The van der Waals surface area contributed by atoms with Gasteiger partial charge in [0.25, 0.3) is 0 Å². The number of hydrogen-bond acceptors (Lipinski definition) is 6. The second-order valence-corrected chi connectivity index (χ2v) is 6.91. The van der Waals surface area contributed by atoms with Crippen LogP contribution in [0.4, 0.5) is 0 Å². The summed E-state index contributed by atoms with van der Waals surface area (Å²) in [5, 5.41) is 22.2. The van der Waals surface area contributed by atoms with E-state index < -0.39 is 6.29 Å². The smallest absolute Gasteiger partial charge is 0.167 e. The number of aliphatic hydroxyl groups excluding tert-OH is 1. The van der Waals surface area contributed by atoms with Crippen LogP contribution in [0.1, 0.15) is 31.9 Å². The Bertz CT molecular complexity index is 739. The molecular weight excluding hydrogens is 342 g/mol. The third-order valence-corrected chi connectivity index (χ3v) is 4.52. The molecule has 2 aromatic rings. The summed E-state index contributed by atoms with van der Waals surface area (Å²) in [5.74, 6) is 0.766. The zero-order valence-electron chi connectivity index (χ0n) is 14.2. The molecule has 0 amide bonds. The molecule has 1 saturated heterocycles. The number of nitrogens with zero attached hydrogens (tertiary/aromatic N) is 2. The zero-order chi connectivity index (χ0) is 18.0. The molecule has 2 unspecified atom stereocenters. The number of aromatic nitrogens is 2. The standard InChI is InChI=1S/C18H22ClN3O3/c1-10(2)25-17-4-3-11(5-13(17)19)14-7-15(22-9-21-14)12-6-16(18(23)24)20-8-12/h3-5,7,9-10,12,16,18,20,23-24H,6,8H2,1-2H3. The van der Waals surface area contributed by atoms with Gasteiger partial charge in [0.2, 0.25) is 0 Å². The summed E-state index contributed by atoms with van der Waals surface area (Å²) in [4.78, 5) is 8.69. The molecule has 1 aliphatic heterocycles. The summed E-state index contributed by atoms with van der Waals surface area (Å²) in [6.07, 6.45) is 0.841. The highest BCUT2D eigenvalue weighted by atomic mass is 35.5. The minimum atomic E-state index is -1.36. The maximum atomic E-state index is 9.30. The topological polar surface area (TPSA) is 87.5 Å². The number of halogens is 1. The molecule has 0 spiro atoms. The summed E-state index contributed by atoms with van der Waals surface area (Å²) in [6.45, 7) is 4.56. The lowest BCUT2D eigenvalue weighted by atomic mass is 9.99. The van der Waals surface area contributed by atoms with Crippen LogP contribution in [0.2, 0.25) is 5.02 Å². The van der Waals surface area contributed by atoms with Crippen LogP contribution < -0.4 is 10.1 Å². The predicted molar refractivity (Wildman–Crippen MR) is 95.6 cm³/mol. The fourth-order valence-corrected chi connectivity index (χ4v) is 3.21. The molecule has 0 aliphatic carbocycles. The maximum absolute atomic E-state index is 9.30. The van der Waals surface area contributed by atoms with Gasteiger partial charge in [-0.25, -0.2) is 9.97 Å². The Kier molecular flexibility index (Phi) is 5.54. The van der Waals surface area contributed by atoms with Crippen molar-refractivity contribution in [3.05, 3.63) is 41.3 Å². The number of benzene rings is 1. The Balaban J connectivity index is 1.81. The van der Waals surface area contributed by atoms with Crippen LogP contribution in [0, 0.1) is 0 Å². The van der Waals surface area contributed by atoms with E-state index >= 15 is 0 Å². The van der Waals surface area contributed by atoms with Gasteiger partial charge in [-0.3, -0.25) is 0 Å². The SMILES string of the molecule is CC(C)Oc1ccc(-c2cc(C3CNC(C(O)O)C3)ncn2)cc1Cl. The molecule has 25 heavy (non-hydrogen) atoms. The minimum absolute atomic E-state index is 0.0543. The molecule has 1 fully saturated rings. The lowest BCUT2D eigenvalue weighted by molar-refractivity contribution is -0.0627. The van der Waals surface area contributed by atoms with Crippen molar-refractivity contribution in [2.24, 2.45) is 0 Å². The fourth-order valence-electron chi connectivity index (χ4n) is 2.98. The second-order valence-electron chi connectivity index (χ2n) is 6.50. The van der Waals surface area contributed by atoms with Gasteiger partial charge in [-0.15, -0.1) is 0 Å². The van der Waals surface area contributed by atoms with E-state index in [0.29, 0.717) is 23.7 Å². The van der Waals surface area contributed by atoms with Gasteiger partial charge in [-0.05, 0) is 44.5 Å². The quantitative estimate of drug-likeness (QED) is 0.707. The van der Waals surface area contributed by atoms with E-state index in [4.69, 9.17) is 16.3 Å². The molecule has 0 bridgehead atoms. The summed E-state index contributed by atoms with van der Waals surface area (Å²) in [7, 11) is 0. The minimum Gasteiger partial charge on any atom is -0.489 e. The molecule has 3 N–H and O–H groups in total. The lowest BCUT2D eigenvalue weighted by Gasteiger charge is -2.13. The van der Waals surface area contributed by atoms with Crippen LogP contribution in [0.15, 0.2) is 30.6 Å². The second kappa shape index (κ2) is 7.66. The molecule has 6 nitrogen and oxygen atoms in total. The highest BCUT2D eigenvalue weighted by molar-refractivity contribution is 6.32. The van der Waals surface area contributed by atoms with E-state index in [0.717, 1.165) is 17.0 Å². The molecule has 0 saturated carbocycles. The Labute approximate surface area is 151 Å². The normalized spacial score (nSPS) is 20.4. The molecular formula is C18H22ClN3O3. The molecule has 7 heteroatoms. The average molecular weight is 364 g/mol. The van der Waals surface area contributed by atoms with Gasteiger partial charge in [0.15, 0.2) is 6.29 Å². The van der Waals surface area contributed by atoms with E-state index in [1.165, 1.54) is 6.33 Å².